The van der Waals surface area contributed by atoms with E-state index in [0.717, 1.165) is 39.7 Å². The lowest BCUT2D eigenvalue weighted by Gasteiger charge is -2.20. The lowest BCUT2D eigenvalue weighted by atomic mass is 9.86. The summed E-state index contributed by atoms with van der Waals surface area (Å²) in [5.41, 5.74) is 9.11. The first kappa shape index (κ1) is 32.3. The van der Waals surface area contributed by atoms with E-state index in [1.807, 2.05) is 52.0 Å². The summed E-state index contributed by atoms with van der Waals surface area (Å²) in [5.74, 6) is 2.41. The zero-order chi connectivity index (χ0) is 35.3. The number of pyridine rings is 1. The molecule has 0 aliphatic heterocycles. The number of hydrogen-bond donors (Lipinski definition) is 0. The van der Waals surface area contributed by atoms with Crippen molar-refractivity contribution >= 4 is 21.8 Å². The molecule has 0 amide bonds. The summed E-state index contributed by atoms with van der Waals surface area (Å²) < 4.78 is 12.9. The standard InChI is InChI=1S/C46H42N4O/c1-45(2,3)34-18-21-42-41(27-34)40-20-19-39(30-43(40)50(42)44-28-35(22-23-47-44)46(4,5)6)51-38-17-11-16-37(29-38)49-25-24-48(31-49)36-15-10-14-33(26-36)32-12-8-7-9-13-32/h7-30H,1-6H3. The SMILES string of the molecule is CC(C)(C)c1ccnc(-n2c3ccc(C(C)(C)C)cc3c3ccc(Oc4cccc(-n5[c-][n+](-c6cccc(-c7ccccc7)c6)cc5)c4)cc32)c1. The summed E-state index contributed by atoms with van der Waals surface area (Å²) in [4.78, 5) is 4.88. The van der Waals surface area contributed by atoms with Crippen molar-refractivity contribution in [2.45, 2.75) is 52.4 Å². The van der Waals surface area contributed by atoms with Crippen LogP contribution >= 0.6 is 0 Å². The van der Waals surface area contributed by atoms with Crippen molar-refractivity contribution in [3.63, 3.8) is 0 Å². The monoisotopic (exact) mass is 666 g/mol. The Bertz CT molecular complexity index is 2530. The maximum atomic E-state index is 6.58. The van der Waals surface area contributed by atoms with Gasteiger partial charge in [0.05, 0.1) is 22.4 Å². The summed E-state index contributed by atoms with van der Waals surface area (Å²) in [6.45, 7) is 13.5. The Labute approximate surface area is 300 Å². The summed E-state index contributed by atoms with van der Waals surface area (Å²) >= 11 is 0. The van der Waals surface area contributed by atoms with Crippen LogP contribution in [0.25, 0.3) is 50.1 Å². The largest absolute Gasteiger partial charge is 0.458 e. The molecule has 0 bridgehead atoms. The number of hydrogen-bond acceptors (Lipinski definition) is 2. The lowest BCUT2D eigenvalue weighted by Crippen LogP contribution is -2.28. The molecule has 0 aliphatic carbocycles. The maximum Gasteiger partial charge on any atom is 0.268 e. The van der Waals surface area contributed by atoms with Gasteiger partial charge in [-0.3, -0.25) is 13.7 Å². The van der Waals surface area contributed by atoms with Crippen LogP contribution in [-0.2, 0) is 10.8 Å². The van der Waals surface area contributed by atoms with Crippen molar-refractivity contribution < 1.29 is 9.30 Å². The van der Waals surface area contributed by atoms with Crippen LogP contribution in [0.3, 0.4) is 0 Å². The van der Waals surface area contributed by atoms with Crippen LogP contribution in [0.2, 0.25) is 0 Å². The third-order valence-corrected chi connectivity index (χ3v) is 9.59. The zero-order valence-electron chi connectivity index (χ0n) is 30.1. The van der Waals surface area contributed by atoms with Gasteiger partial charge in [0, 0.05) is 35.4 Å². The molecule has 0 radical (unpaired) electrons. The number of aromatic nitrogens is 4. The van der Waals surface area contributed by atoms with Gasteiger partial charge in [-0.1, -0.05) is 96.1 Å². The van der Waals surface area contributed by atoms with E-state index in [1.54, 1.807) is 0 Å². The molecule has 3 aromatic heterocycles. The van der Waals surface area contributed by atoms with Gasteiger partial charge in [-0.05, 0) is 99.8 Å². The van der Waals surface area contributed by atoms with Crippen molar-refractivity contribution in [3.8, 4) is 39.8 Å². The third-order valence-electron chi connectivity index (χ3n) is 9.59. The molecule has 3 heterocycles. The van der Waals surface area contributed by atoms with E-state index in [9.17, 15) is 0 Å². The Balaban J connectivity index is 1.15. The topological polar surface area (TPSA) is 35.9 Å². The Morgan fingerprint density at radius 2 is 1.35 bits per heavy atom. The number of nitrogens with zero attached hydrogens (tertiary/aromatic N) is 4. The first-order valence-corrected chi connectivity index (χ1v) is 17.5. The highest BCUT2D eigenvalue weighted by Crippen LogP contribution is 2.38. The molecule has 51 heavy (non-hydrogen) atoms. The fraction of sp³-hybridized carbons (Fsp3) is 0.174. The second-order valence-corrected chi connectivity index (χ2v) is 15.3. The molecule has 0 aliphatic rings. The molecule has 0 spiro atoms. The van der Waals surface area contributed by atoms with Gasteiger partial charge in [0.1, 0.15) is 17.3 Å². The van der Waals surface area contributed by atoms with Gasteiger partial charge in [0.15, 0.2) is 0 Å². The van der Waals surface area contributed by atoms with Gasteiger partial charge in [-0.15, -0.1) is 0 Å². The van der Waals surface area contributed by atoms with E-state index < -0.39 is 0 Å². The van der Waals surface area contributed by atoms with Crippen LogP contribution in [0.1, 0.15) is 52.7 Å². The Hall–Kier alpha value is -5.94. The molecule has 5 heteroatoms. The first-order valence-electron chi connectivity index (χ1n) is 17.5. The van der Waals surface area contributed by atoms with E-state index in [-0.39, 0.29) is 10.8 Å². The minimum atomic E-state index is -0.00222. The molecule has 8 rings (SSSR count). The van der Waals surface area contributed by atoms with Crippen LogP contribution < -0.4 is 9.30 Å². The van der Waals surface area contributed by atoms with Crippen molar-refractivity contribution in [2.75, 3.05) is 0 Å². The smallest absolute Gasteiger partial charge is 0.268 e. The number of rotatable bonds is 6. The molecule has 0 atom stereocenters. The highest BCUT2D eigenvalue weighted by atomic mass is 16.5. The predicted octanol–water partition coefficient (Wildman–Crippen LogP) is 11.1. The average Bonchev–Trinajstić information content (AvgIpc) is 3.75. The molecule has 8 aromatic rings. The van der Waals surface area contributed by atoms with Gasteiger partial charge in [0.25, 0.3) is 6.33 Å². The molecule has 5 aromatic carbocycles. The Kier molecular flexibility index (Phi) is 7.87. The van der Waals surface area contributed by atoms with Crippen molar-refractivity contribution in [3.05, 3.63) is 163 Å². The second kappa shape index (κ2) is 12.4. The summed E-state index contributed by atoms with van der Waals surface area (Å²) in [5, 5.41) is 2.38. The highest BCUT2D eigenvalue weighted by Gasteiger charge is 2.21. The normalized spacial score (nSPS) is 12.1. The molecule has 0 N–H and O–H groups in total. The second-order valence-electron chi connectivity index (χ2n) is 15.3. The maximum absolute atomic E-state index is 6.58. The Morgan fingerprint density at radius 1 is 0.608 bits per heavy atom. The number of fused-ring (bicyclic) bond motifs is 3. The molecule has 0 unspecified atom stereocenters. The highest BCUT2D eigenvalue weighted by molar-refractivity contribution is 6.09. The van der Waals surface area contributed by atoms with Crippen LogP contribution in [0.4, 0.5) is 0 Å². The predicted molar refractivity (Wildman–Crippen MR) is 208 cm³/mol. The van der Waals surface area contributed by atoms with Gasteiger partial charge in [-0.25, -0.2) is 4.98 Å². The zero-order valence-corrected chi connectivity index (χ0v) is 30.1. The molecular weight excluding hydrogens is 625 g/mol. The van der Waals surface area contributed by atoms with E-state index in [4.69, 9.17) is 9.72 Å². The molecule has 0 fully saturated rings. The van der Waals surface area contributed by atoms with Crippen LogP contribution in [-0.4, -0.2) is 14.1 Å². The van der Waals surface area contributed by atoms with E-state index in [1.165, 1.54) is 33.0 Å². The third kappa shape index (κ3) is 6.32. The van der Waals surface area contributed by atoms with Crippen LogP contribution in [0.15, 0.2) is 146 Å². The van der Waals surface area contributed by atoms with Gasteiger partial charge >= 0.3 is 0 Å². The number of benzene rings is 5. The lowest BCUT2D eigenvalue weighted by molar-refractivity contribution is -0.599. The van der Waals surface area contributed by atoms with Crippen molar-refractivity contribution in [1.29, 1.82) is 0 Å². The van der Waals surface area contributed by atoms with Crippen molar-refractivity contribution in [2.24, 2.45) is 0 Å². The fourth-order valence-electron chi connectivity index (χ4n) is 6.69. The number of imidazole rings is 1. The minimum absolute atomic E-state index is 0.00222. The van der Waals surface area contributed by atoms with Crippen molar-refractivity contribution in [1.82, 2.24) is 14.1 Å². The molecular formula is C46H42N4O. The average molecular weight is 667 g/mol. The molecule has 5 nitrogen and oxygen atoms in total. The fourth-order valence-corrected chi connectivity index (χ4v) is 6.69. The Morgan fingerprint density at radius 3 is 2.16 bits per heavy atom. The van der Waals surface area contributed by atoms with E-state index >= 15 is 0 Å². The van der Waals surface area contributed by atoms with E-state index in [2.05, 4.69) is 156 Å². The molecule has 252 valence electrons. The minimum Gasteiger partial charge on any atom is -0.458 e. The van der Waals surface area contributed by atoms with Gasteiger partial charge in [-0.2, -0.15) is 0 Å². The summed E-state index contributed by atoms with van der Waals surface area (Å²) in [7, 11) is 0. The summed E-state index contributed by atoms with van der Waals surface area (Å²) in [6.07, 6.45) is 9.44. The van der Waals surface area contributed by atoms with Crippen LogP contribution in [0, 0.1) is 6.33 Å². The van der Waals surface area contributed by atoms with E-state index in [0.29, 0.717) is 0 Å². The number of ether oxygens (including phenoxy) is 1. The first-order chi connectivity index (χ1) is 24.5. The van der Waals surface area contributed by atoms with Gasteiger partial charge < -0.3 is 4.74 Å². The molecule has 0 saturated carbocycles. The van der Waals surface area contributed by atoms with Crippen LogP contribution in [0.5, 0.6) is 11.5 Å². The van der Waals surface area contributed by atoms with Gasteiger partial charge in [0.2, 0.25) is 0 Å². The molecule has 0 saturated heterocycles. The summed E-state index contributed by atoms with van der Waals surface area (Å²) in [6, 6.07) is 44.6. The quantitative estimate of drug-likeness (QED) is 0.131.